The Balaban J connectivity index is 1.42. The van der Waals surface area contributed by atoms with Crippen LogP contribution in [0.2, 0.25) is 0 Å². The first-order chi connectivity index (χ1) is 17.6. The van der Waals surface area contributed by atoms with E-state index < -0.39 is 5.95 Å². The minimum absolute atomic E-state index is 0.0636. The van der Waals surface area contributed by atoms with Crippen LogP contribution in [0.5, 0.6) is 0 Å². The van der Waals surface area contributed by atoms with Crippen molar-refractivity contribution in [1.29, 1.82) is 0 Å². The predicted octanol–water partition coefficient (Wildman–Crippen LogP) is 4.74. The predicted molar refractivity (Wildman–Crippen MR) is 138 cm³/mol. The first-order valence-corrected chi connectivity index (χ1v) is 12.9. The van der Waals surface area contributed by atoms with E-state index in [1.54, 1.807) is 6.07 Å². The smallest absolute Gasteiger partial charge is 0.251 e. The Morgan fingerprint density at radius 1 is 0.917 bits per heavy atom. The number of nitrogen functional groups attached to an aromatic ring is 1. The zero-order chi connectivity index (χ0) is 24.6. The van der Waals surface area contributed by atoms with Crippen LogP contribution < -0.4 is 16.4 Å². The van der Waals surface area contributed by atoms with Gasteiger partial charge in [0.15, 0.2) is 0 Å². The molecule has 36 heavy (non-hydrogen) atoms. The molecule has 1 aromatic heterocycles. The number of aromatic nitrogens is 1. The Labute approximate surface area is 210 Å². The zero-order valence-electron chi connectivity index (χ0n) is 20.3. The molecule has 0 spiro atoms. The Bertz CT molecular complexity index is 1310. The molecule has 0 radical (unpaired) electrons. The van der Waals surface area contributed by atoms with Gasteiger partial charge in [0, 0.05) is 42.5 Å². The Kier molecular flexibility index (Phi) is 6.19. The van der Waals surface area contributed by atoms with Gasteiger partial charge in [-0.3, -0.25) is 4.79 Å². The fourth-order valence-corrected chi connectivity index (χ4v) is 5.91. The topological polar surface area (TPSA) is 89.3 Å². The second-order valence-electron chi connectivity index (χ2n) is 10.0. The molecule has 1 atom stereocenters. The van der Waals surface area contributed by atoms with Crippen LogP contribution in [0.3, 0.4) is 0 Å². The number of ether oxygens (including phenoxy) is 1. The minimum atomic E-state index is -0.572. The van der Waals surface area contributed by atoms with Gasteiger partial charge in [-0.1, -0.05) is 24.3 Å². The summed E-state index contributed by atoms with van der Waals surface area (Å²) in [7, 11) is 0. The molecule has 4 heterocycles. The molecule has 0 unspecified atom stereocenters. The molecule has 0 bridgehead atoms. The van der Waals surface area contributed by atoms with Crippen molar-refractivity contribution in [2.45, 2.75) is 44.1 Å². The van der Waals surface area contributed by atoms with Gasteiger partial charge < -0.3 is 21.1 Å². The number of fused-ring (bicyclic) bond motifs is 1. The average Bonchev–Trinajstić information content (AvgIpc) is 3.44. The number of anilines is 1. The molecule has 6 rings (SSSR count). The van der Waals surface area contributed by atoms with Crippen LogP contribution in [-0.4, -0.2) is 37.2 Å². The lowest BCUT2D eigenvalue weighted by Gasteiger charge is -2.27. The van der Waals surface area contributed by atoms with E-state index in [1.807, 2.05) is 24.3 Å². The van der Waals surface area contributed by atoms with E-state index in [1.165, 1.54) is 11.1 Å². The van der Waals surface area contributed by atoms with E-state index in [0.29, 0.717) is 29.2 Å². The fourth-order valence-electron chi connectivity index (χ4n) is 5.91. The number of nitrogens with one attached hydrogen (secondary N) is 2. The number of halogens is 1. The van der Waals surface area contributed by atoms with Gasteiger partial charge >= 0.3 is 0 Å². The minimum Gasteiger partial charge on any atom is -0.383 e. The second-order valence-corrected chi connectivity index (χ2v) is 10.0. The number of hydrogen-bond donors (Lipinski definition) is 3. The van der Waals surface area contributed by atoms with Crippen LogP contribution in [-0.2, 0) is 11.2 Å². The number of carbonyl (C=O) groups excluding carboxylic acids is 1. The van der Waals surface area contributed by atoms with Gasteiger partial charge in [-0.2, -0.15) is 4.39 Å². The molecule has 1 amide bonds. The maximum atomic E-state index is 15.2. The van der Waals surface area contributed by atoms with Crippen molar-refractivity contribution in [2.24, 2.45) is 0 Å². The molecular formula is C29H31FN4O2. The highest BCUT2D eigenvalue weighted by Crippen LogP contribution is 2.39. The molecule has 3 aromatic rings. The summed E-state index contributed by atoms with van der Waals surface area (Å²) in [5.41, 5.74) is 13.2. The normalized spacial score (nSPS) is 20.2. The summed E-state index contributed by atoms with van der Waals surface area (Å²) in [5.74, 6) is -0.0279. The molecule has 186 valence electrons. The lowest BCUT2D eigenvalue weighted by Crippen LogP contribution is -2.31. The summed E-state index contributed by atoms with van der Waals surface area (Å²) in [6.45, 7) is 3.17. The number of pyridine rings is 1. The van der Waals surface area contributed by atoms with Crippen molar-refractivity contribution in [2.75, 3.05) is 32.0 Å². The molecule has 2 saturated heterocycles. The van der Waals surface area contributed by atoms with Crippen molar-refractivity contribution in [3.63, 3.8) is 0 Å². The van der Waals surface area contributed by atoms with Crippen LogP contribution in [0.25, 0.3) is 22.3 Å². The van der Waals surface area contributed by atoms with Crippen LogP contribution >= 0.6 is 0 Å². The Hall–Kier alpha value is -3.29. The summed E-state index contributed by atoms with van der Waals surface area (Å²) in [4.78, 5) is 16.2. The van der Waals surface area contributed by atoms with Gasteiger partial charge in [-0.15, -0.1) is 0 Å². The van der Waals surface area contributed by atoms with Crippen LogP contribution in [0, 0.1) is 5.95 Å². The van der Waals surface area contributed by atoms with Gasteiger partial charge in [-0.05, 0) is 90.6 Å². The number of rotatable bonds is 4. The van der Waals surface area contributed by atoms with Gasteiger partial charge in [-0.25, -0.2) is 4.98 Å². The quantitative estimate of drug-likeness (QED) is 0.464. The van der Waals surface area contributed by atoms with Crippen LogP contribution in [0.1, 0.15) is 64.7 Å². The molecule has 7 heteroatoms. The first kappa shape index (κ1) is 23.1. The molecule has 3 aliphatic heterocycles. The van der Waals surface area contributed by atoms with Crippen molar-refractivity contribution in [1.82, 2.24) is 15.6 Å². The Morgan fingerprint density at radius 3 is 2.53 bits per heavy atom. The third-order valence-electron chi connectivity index (χ3n) is 7.84. The summed E-state index contributed by atoms with van der Waals surface area (Å²) in [6.07, 6.45) is 4.99. The second kappa shape index (κ2) is 9.64. The first-order valence-electron chi connectivity index (χ1n) is 12.9. The van der Waals surface area contributed by atoms with Crippen LogP contribution in [0.15, 0.2) is 42.5 Å². The van der Waals surface area contributed by atoms with Crippen molar-refractivity contribution in [3.05, 3.63) is 70.7 Å². The summed E-state index contributed by atoms with van der Waals surface area (Å²) >= 11 is 0. The highest BCUT2D eigenvalue weighted by molar-refractivity contribution is 5.97. The molecule has 0 saturated carbocycles. The Morgan fingerprint density at radius 2 is 1.72 bits per heavy atom. The lowest BCUT2D eigenvalue weighted by atomic mass is 9.84. The summed E-state index contributed by atoms with van der Waals surface area (Å²) in [6, 6.07) is 14.1. The third kappa shape index (κ3) is 4.27. The molecule has 0 aliphatic carbocycles. The van der Waals surface area contributed by atoms with E-state index in [0.717, 1.165) is 68.6 Å². The van der Waals surface area contributed by atoms with Gasteiger partial charge in [0.1, 0.15) is 5.82 Å². The SMILES string of the molecule is Nc1nc(F)c(-c2ccc(C3CCOCC3)c([C@@H]3CCCN3)c2)cc1-c1ccc2c(c1)CCNC2=O. The maximum Gasteiger partial charge on any atom is 0.251 e. The number of nitrogens with zero attached hydrogens (tertiary/aromatic N) is 1. The molecule has 2 aromatic carbocycles. The van der Waals surface area contributed by atoms with Gasteiger partial charge in [0.2, 0.25) is 5.95 Å². The van der Waals surface area contributed by atoms with E-state index in [2.05, 4.69) is 27.8 Å². The molecule has 6 nitrogen and oxygen atoms in total. The van der Waals surface area contributed by atoms with Crippen molar-refractivity contribution >= 4 is 11.7 Å². The molecule has 3 aliphatic rings. The highest BCUT2D eigenvalue weighted by atomic mass is 19.1. The average molecular weight is 487 g/mol. The summed E-state index contributed by atoms with van der Waals surface area (Å²) < 4.78 is 20.8. The standard InChI is InChI=1S/C29H31FN4O2/c30-27-23(16-24(28(31)34-27)18-4-6-22-20(14-18)7-11-33-29(22)35)19-3-5-21(17-8-12-36-13-9-17)25(15-19)26-2-1-10-32-26/h3-6,14-17,26,32H,1-2,7-13H2,(H2,31,34)(H,33,35)/t26-/m0/s1. The van der Waals surface area contributed by atoms with Gasteiger partial charge in [0.05, 0.1) is 0 Å². The zero-order valence-corrected chi connectivity index (χ0v) is 20.3. The number of benzene rings is 2. The fraction of sp³-hybridized carbons (Fsp3) is 0.379. The van der Waals surface area contributed by atoms with E-state index in [9.17, 15) is 4.79 Å². The summed E-state index contributed by atoms with van der Waals surface area (Å²) in [5, 5.41) is 6.50. The van der Waals surface area contributed by atoms with Crippen molar-refractivity contribution < 1.29 is 13.9 Å². The third-order valence-corrected chi connectivity index (χ3v) is 7.84. The highest BCUT2D eigenvalue weighted by Gasteiger charge is 2.26. The van der Waals surface area contributed by atoms with Crippen molar-refractivity contribution in [3.8, 4) is 22.3 Å². The maximum absolute atomic E-state index is 15.2. The lowest BCUT2D eigenvalue weighted by molar-refractivity contribution is 0.0850. The van der Waals surface area contributed by atoms with E-state index >= 15 is 4.39 Å². The van der Waals surface area contributed by atoms with Crippen LogP contribution in [0.4, 0.5) is 10.2 Å². The van der Waals surface area contributed by atoms with Gasteiger partial charge in [0.25, 0.3) is 5.91 Å². The number of nitrogens with two attached hydrogens (primary N) is 1. The number of hydrogen-bond acceptors (Lipinski definition) is 5. The molecule has 4 N–H and O–H groups in total. The number of carbonyl (C=O) groups is 1. The number of amides is 1. The molecule has 2 fully saturated rings. The van der Waals surface area contributed by atoms with E-state index in [-0.39, 0.29) is 17.8 Å². The largest absolute Gasteiger partial charge is 0.383 e. The molecular weight excluding hydrogens is 455 g/mol. The van der Waals surface area contributed by atoms with E-state index in [4.69, 9.17) is 10.5 Å². The monoisotopic (exact) mass is 486 g/mol.